The Kier molecular flexibility index (Phi) is 10.8. The first-order valence-corrected chi connectivity index (χ1v) is 18.2. The first kappa shape index (κ1) is 34.8. The summed E-state index contributed by atoms with van der Waals surface area (Å²) in [7, 11) is 0. The largest absolute Gasteiger partial charge is 0.445 e. The zero-order valence-corrected chi connectivity index (χ0v) is 29.2. The van der Waals surface area contributed by atoms with E-state index in [0.717, 1.165) is 48.9 Å². The fourth-order valence-corrected chi connectivity index (χ4v) is 7.56. The summed E-state index contributed by atoms with van der Waals surface area (Å²) in [6.45, 7) is 1.33. The summed E-state index contributed by atoms with van der Waals surface area (Å²) < 4.78 is 11.0. The maximum atomic E-state index is 13.3. The zero-order valence-electron chi connectivity index (χ0n) is 29.2. The van der Waals surface area contributed by atoms with Gasteiger partial charge in [0, 0.05) is 24.5 Å². The normalized spacial score (nSPS) is 19.2. The maximum absolute atomic E-state index is 13.3. The number of carbonyl (C=O) groups is 4. The van der Waals surface area contributed by atoms with Gasteiger partial charge in [-0.3, -0.25) is 19.4 Å². The summed E-state index contributed by atoms with van der Waals surface area (Å²) in [6.07, 6.45) is 4.50. The van der Waals surface area contributed by atoms with Crippen molar-refractivity contribution < 1.29 is 28.7 Å². The first-order chi connectivity index (χ1) is 25.4. The SMILES string of the molecule is O=C(Nc1ccc(CC2Cc3ccc(NC(=O)[C@@H]4CCCN4C(=O)OCc4ccccc4)cc3C2)cc1)[C@@H]1CCCN1C(=O)OCc1ccccc1. The monoisotopic (exact) mass is 700 g/mol. The molecule has 10 heteroatoms. The third kappa shape index (κ3) is 8.45. The zero-order chi connectivity index (χ0) is 35.9. The molecule has 52 heavy (non-hydrogen) atoms. The minimum Gasteiger partial charge on any atom is -0.445 e. The lowest BCUT2D eigenvalue weighted by Crippen LogP contribution is -2.43. The fourth-order valence-electron chi connectivity index (χ4n) is 7.56. The highest BCUT2D eigenvalue weighted by Gasteiger charge is 2.36. The van der Waals surface area contributed by atoms with Crippen LogP contribution < -0.4 is 10.6 Å². The second-order valence-corrected chi connectivity index (χ2v) is 13.9. The number of nitrogens with zero attached hydrogens (tertiary/aromatic N) is 2. The molecule has 0 aromatic heterocycles. The molecule has 1 unspecified atom stereocenters. The smallest absolute Gasteiger partial charge is 0.410 e. The van der Waals surface area contributed by atoms with E-state index >= 15 is 0 Å². The van der Waals surface area contributed by atoms with E-state index in [-0.39, 0.29) is 25.0 Å². The van der Waals surface area contributed by atoms with E-state index in [0.29, 0.717) is 37.5 Å². The summed E-state index contributed by atoms with van der Waals surface area (Å²) in [5, 5.41) is 6.04. The minimum absolute atomic E-state index is 0.171. The van der Waals surface area contributed by atoms with Crippen LogP contribution in [0.5, 0.6) is 0 Å². The number of ether oxygens (including phenoxy) is 2. The summed E-state index contributed by atoms with van der Waals surface area (Å²) in [5.74, 6) is 0.0131. The molecule has 3 aliphatic rings. The van der Waals surface area contributed by atoms with Crippen LogP contribution in [0.2, 0.25) is 0 Å². The molecule has 2 N–H and O–H groups in total. The number of nitrogens with one attached hydrogen (secondary N) is 2. The highest BCUT2D eigenvalue weighted by molar-refractivity contribution is 5.97. The quantitative estimate of drug-likeness (QED) is 0.182. The topological polar surface area (TPSA) is 117 Å². The average Bonchev–Trinajstić information content (AvgIpc) is 3.95. The number of carbonyl (C=O) groups excluding carboxylic acids is 4. The highest BCUT2D eigenvalue weighted by atomic mass is 16.6. The second-order valence-electron chi connectivity index (χ2n) is 13.9. The van der Waals surface area contributed by atoms with Gasteiger partial charge in [0.2, 0.25) is 11.8 Å². The Morgan fingerprint density at radius 2 is 1.08 bits per heavy atom. The van der Waals surface area contributed by atoms with Crippen LogP contribution in [0.25, 0.3) is 0 Å². The number of rotatable bonds is 10. The van der Waals surface area contributed by atoms with Crippen molar-refractivity contribution in [1.29, 1.82) is 0 Å². The van der Waals surface area contributed by atoms with Gasteiger partial charge >= 0.3 is 12.2 Å². The Hall–Kier alpha value is -5.64. The van der Waals surface area contributed by atoms with Crippen molar-refractivity contribution in [1.82, 2.24) is 9.80 Å². The van der Waals surface area contributed by atoms with Gasteiger partial charge in [-0.25, -0.2) is 9.59 Å². The highest BCUT2D eigenvalue weighted by Crippen LogP contribution is 2.32. The number of benzene rings is 4. The molecule has 4 aromatic carbocycles. The number of anilines is 2. The number of hydrogen-bond donors (Lipinski definition) is 2. The molecule has 0 radical (unpaired) electrons. The first-order valence-electron chi connectivity index (χ1n) is 18.2. The van der Waals surface area contributed by atoms with Gasteiger partial charge in [0.05, 0.1) is 0 Å². The van der Waals surface area contributed by atoms with Crippen LogP contribution in [0.3, 0.4) is 0 Å². The second kappa shape index (κ2) is 16.1. The molecule has 4 amide bonds. The van der Waals surface area contributed by atoms with Gasteiger partial charge in [0.25, 0.3) is 0 Å². The van der Waals surface area contributed by atoms with E-state index in [1.54, 1.807) is 0 Å². The van der Waals surface area contributed by atoms with Gasteiger partial charge in [-0.2, -0.15) is 0 Å². The van der Waals surface area contributed by atoms with E-state index < -0.39 is 24.3 Å². The Morgan fingerprint density at radius 1 is 0.577 bits per heavy atom. The van der Waals surface area contributed by atoms with Crippen LogP contribution in [0.1, 0.15) is 53.5 Å². The van der Waals surface area contributed by atoms with Crippen molar-refractivity contribution in [3.8, 4) is 0 Å². The van der Waals surface area contributed by atoms with Crippen LogP contribution in [0.4, 0.5) is 21.0 Å². The molecule has 10 nitrogen and oxygen atoms in total. The molecule has 2 fully saturated rings. The predicted octanol–water partition coefficient (Wildman–Crippen LogP) is 7.12. The Balaban J connectivity index is 0.876. The number of amides is 4. The van der Waals surface area contributed by atoms with Gasteiger partial charge in [-0.05, 0) is 103 Å². The fraction of sp³-hybridized carbons (Fsp3) is 0.333. The van der Waals surface area contributed by atoms with E-state index in [1.807, 2.05) is 91.0 Å². The van der Waals surface area contributed by atoms with Crippen molar-refractivity contribution in [3.05, 3.63) is 131 Å². The van der Waals surface area contributed by atoms with Gasteiger partial charge in [-0.1, -0.05) is 78.9 Å². The molecule has 2 aliphatic heterocycles. The number of hydrogen-bond acceptors (Lipinski definition) is 6. The van der Waals surface area contributed by atoms with Gasteiger partial charge in [0.1, 0.15) is 25.3 Å². The molecule has 4 aromatic rings. The molecule has 7 rings (SSSR count). The lowest BCUT2D eigenvalue weighted by molar-refractivity contribution is -0.120. The third-order valence-electron chi connectivity index (χ3n) is 10.2. The van der Waals surface area contributed by atoms with Crippen LogP contribution in [0, 0.1) is 5.92 Å². The van der Waals surface area contributed by atoms with Crippen LogP contribution >= 0.6 is 0 Å². The molecular formula is C42H44N4O6. The molecule has 2 heterocycles. The lowest BCUT2D eigenvalue weighted by atomic mass is 9.96. The summed E-state index contributed by atoms with van der Waals surface area (Å²) in [4.78, 5) is 55.1. The Labute approximate surface area is 304 Å². The lowest BCUT2D eigenvalue weighted by Gasteiger charge is -2.23. The van der Waals surface area contributed by atoms with E-state index in [4.69, 9.17) is 9.47 Å². The molecule has 3 atom stereocenters. The van der Waals surface area contributed by atoms with Gasteiger partial charge in [-0.15, -0.1) is 0 Å². The average molecular weight is 701 g/mol. The van der Waals surface area contributed by atoms with Crippen molar-refractivity contribution in [2.75, 3.05) is 23.7 Å². The molecular weight excluding hydrogens is 656 g/mol. The van der Waals surface area contributed by atoms with Gasteiger partial charge < -0.3 is 20.1 Å². The van der Waals surface area contributed by atoms with Crippen molar-refractivity contribution in [3.63, 3.8) is 0 Å². The van der Waals surface area contributed by atoms with Crippen molar-refractivity contribution in [2.45, 2.75) is 70.2 Å². The third-order valence-corrected chi connectivity index (χ3v) is 10.2. The molecule has 268 valence electrons. The Morgan fingerprint density at radius 3 is 1.63 bits per heavy atom. The number of likely N-dealkylation sites (tertiary alicyclic amines) is 2. The molecule has 0 spiro atoms. The summed E-state index contributed by atoms with van der Waals surface area (Å²) in [5.41, 5.74) is 6.91. The van der Waals surface area contributed by atoms with Crippen molar-refractivity contribution >= 4 is 35.4 Å². The van der Waals surface area contributed by atoms with Crippen LogP contribution in [0.15, 0.2) is 103 Å². The van der Waals surface area contributed by atoms with E-state index in [2.05, 4.69) is 22.8 Å². The minimum atomic E-state index is -0.562. The predicted molar refractivity (Wildman–Crippen MR) is 197 cm³/mol. The van der Waals surface area contributed by atoms with E-state index in [1.165, 1.54) is 26.5 Å². The molecule has 0 bridgehead atoms. The van der Waals surface area contributed by atoms with Gasteiger partial charge in [0.15, 0.2) is 0 Å². The van der Waals surface area contributed by atoms with E-state index in [9.17, 15) is 19.2 Å². The molecule has 0 saturated carbocycles. The number of fused-ring (bicyclic) bond motifs is 1. The molecule has 1 aliphatic carbocycles. The molecule has 2 saturated heterocycles. The Bertz CT molecular complexity index is 1880. The summed E-state index contributed by atoms with van der Waals surface area (Å²) >= 11 is 0. The standard InChI is InChI=1S/C42H44N4O6/c47-39(37-13-7-21-45(37)41(49)51-27-30-9-3-1-4-10-30)43-35-18-15-29(16-19-35)23-32-24-33-17-20-36(26-34(33)25-32)44-40(48)38-14-8-22-46(38)42(50)52-28-31-11-5-2-6-12-31/h1-6,9-12,15-20,26,32,37-38H,7-8,13-14,21-25,27-28H2,(H,43,47)(H,44,48)/t32?,37-,38-/m0/s1. The van der Waals surface area contributed by atoms with Crippen molar-refractivity contribution in [2.24, 2.45) is 5.92 Å². The maximum Gasteiger partial charge on any atom is 0.410 e. The van der Waals surface area contributed by atoms with Crippen LogP contribution in [-0.4, -0.2) is 59.0 Å². The summed E-state index contributed by atoms with van der Waals surface area (Å²) in [6, 6.07) is 31.9. The van der Waals surface area contributed by atoms with Crippen LogP contribution in [-0.2, 0) is 51.5 Å².